The van der Waals surface area contributed by atoms with Crippen LogP contribution in [-0.4, -0.2) is 19.6 Å². The Morgan fingerprint density at radius 1 is 1.35 bits per heavy atom. The Hall–Kier alpha value is -2.34. The number of nitrogens with one attached hydrogen (secondary N) is 2. The normalized spacial score (nSPS) is 11.3. The summed E-state index contributed by atoms with van der Waals surface area (Å²) in [5.41, 5.74) is 2.49. The van der Waals surface area contributed by atoms with Crippen molar-refractivity contribution < 1.29 is 0 Å². The average molecular weight is 332 g/mol. The van der Waals surface area contributed by atoms with Crippen LogP contribution < -0.4 is 10.9 Å². The number of halogens is 1. The first-order chi connectivity index (χ1) is 11.0. The maximum Gasteiger partial charge on any atom is 0.274 e. The maximum absolute atomic E-state index is 12.1. The van der Waals surface area contributed by atoms with Crippen LogP contribution in [0.2, 0.25) is 5.02 Å². The molecule has 0 spiro atoms. The molecule has 0 unspecified atom stereocenters. The Bertz CT molecular complexity index is 912. The van der Waals surface area contributed by atoms with Crippen molar-refractivity contribution in [1.82, 2.24) is 19.6 Å². The van der Waals surface area contributed by atoms with E-state index >= 15 is 0 Å². The zero-order chi connectivity index (χ0) is 16.6. The summed E-state index contributed by atoms with van der Waals surface area (Å²) in [7, 11) is 0. The summed E-state index contributed by atoms with van der Waals surface area (Å²) in [6.07, 6.45) is 0. The third-order valence-electron chi connectivity index (χ3n) is 3.70. The average Bonchev–Trinajstić information content (AvgIpc) is 2.92. The number of aromatic nitrogens is 4. The Morgan fingerprint density at radius 2 is 2.13 bits per heavy atom. The minimum atomic E-state index is -0.156. The van der Waals surface area contributed by atoms with Gasteiger partial charge in [-0.05, 0) is 30.5 Å². The number of H-pyrrole nitrogens is 1. The molecule has 23 heavy (non-hydrogen) atoms. The molecule has 0 aliphatic heterocycles. The lowest BCUT2D eigenvalue weighted by molar-refractivity contribution is 0.791. The van der Waals surface area contributed by atoms with Crippen LogP contribution in [0.5, 0.6) is 0 Å². The molecule has 3 rings (SSSR count). The lowest BCUT2D eigenvalue weighted by Gasteiger charge is -2.08. The summed E-state index contributed by atoms with van der Waals surface area (Å²) < 4.78 is 1.35. The zero-order valence-corrected chi connectivity index (χ0v) is 14.0. The van der Waals surface area contributed by atoms with E-state index in [1.807, 2.05) is 39.0 Å². The van der Waals surface area contributed by atoms with Crippen LogP contribution >= 0.6 is 11.6 Å². The van der Waals surface area contributed by atoms with Crippen molar-refractivity contribution in [2.45, 2.75) is 33.2 Å². The van der Waals surface area contributed by atoms with Crippen molar-refractivity contribution in [2.75, 3.05) is 5.32 Å². The molecular weight excluding hydrogens is 314 g/mol. The molecule has 2 N–H and O–H groups in total. The molecule has 2 heterocycles. The van der Waals surface area contributed by atoms with Gasteiger partial charge in [-0.3, -0.25) is 9.89 Å². The van der Waals surface area contributed by atoms with Crippen molar-refractivity contribution >= 4 is 23.1 Å². The van der Waals surface area contributed by atoms with Gasteiger partial charge < -0.3 is 5.32 Å². The van der Waals surface area contributed by atoms with E-state index in [0.29, 0.717) is 23.2 Å². The highest BCUT2D eigenvalue weighted by Gasteiger charge is 2.10. The molecule has 0 radical (unpaired) electrons. The predicted octanol–water partition coefficient (Wildman–Crippen LogP) is 3.11. The molecule has 6 nitrogen and oxygen atoms in total. The summed E-state index contributed by atoms with van der Waals surface area (Å²) in [6.45, 7) is 6.38. The molecule has 0 saturated carbocycles. The fourth-order valence-corrected chi connectivity index (χ4v) is 2.47. The fraction of sp³-hybridized carbons (Fsp3) is 0.312. The number of hydrogen-bond donors (Lipinski definition) is 2. The maximum atomic E-state index is 12.1. The Morgan fingerprint density at radius 3 is 2.87 bits per heavy atom. The molecule has 1 aromatic carbocycles. The number of nitrogens with zero attached hydrogens (tertiary/aromatic N) is 3. The molecule has 7 heteroatoms. The topological polar surface area (TPSA) is 75.1 Å². The second kappa shape index (κ2) is 6.04. The van der Waals surface area contributed by atoms with Crippen molar-refractivity contribution in [3.8, 4) is 0 Å². The zero-order valence-electron chi connectivity index (χ0n) is 13.2. The largest absolute Gasteiger partial charge is 0.378 e. The third kappa shape index (κ3) is 3.07. The SMILES string of the molecule is Cc1c(Cl)cccc1NCc1nc2nc(C(C)C)cc(=O)n2[nH]1. The molecule has 0 atom stereocenters. The quantitative estimate of drug-likeness (QED) is 0.770. The standard InChI is InChI=1S/C16H18ClN5O/c1-9(2)13-7-15(23)22-16(19-13)20-14(21-22)8-18-12-6-4-5-11(17)10(12)3/h4-7,9,18H,8H2,1-3H3,(H,19,20,21). The third-order valence-corrected chi connectivity index (χ3v) is 4.11. The van der Waals surface area contributed by atoms with Gasteiger partial charge in [0.15, 0.2) is 0 Å². The molecule has 0 fully saturated rings. The molecule has 0 aliphatic carbocycles. The van der Waals surface area contributed by atoms with E-state index in [-0.39, 0.29) is 11.5 Å². The second-order valence-electron chi connectivity index (χ2n) is 5.75. The van der Waals surface area contributed by atoms with Gasteiger partial charge in [0.25, 0.3) is 11.3 Å². The highest BCUT2D eigenvalue weighted by atomic mass is 35.5. The summed E-state index contributed by atoms with van der Waals surface area (Å²) in [5, 5.41) is 6.94. The van der Waals surface area contributed by atoms with E-state index in [0.717, 1.165) is 16.9 Å². The molecule has 0 aliphatic rings. The van der Waals surface area contributed by atoms with Gasteiger partial charge in [-0.15, -0.1) is 0 Å². The van der Waals surface area contributed by atoms with E-state index < -0.39 is 0 Å². The van der Waals surface area contributed by atoms with Crippen LogP contribution in [0.25, 0.3) is 5.78 Å². The predicted molar refractivity (Wildman–Crippen MR) is 91.2 cm³/mol. The molecule has 0 amide bonds. The number of hydrogen-bond acceptors (Lipinski definition) is 4. The van der Waals surface area contributed by atoms with Crippen LogP contribution in [0.1, 0.15) is 36.8 Å². The highest BCUT2D eigenvalue weighted by Crippen LogP contribution is 2.23. The van der Waals surface area contributed by atoms with Gasteiger partial charge in [-0.25, -0.2) is 4.98 Å². The van der Waals surface area contributed by atoms with Crippen molar-refractivity contribution in [2.24, 2.45) is 0 Å². The lowest BCUT2D eigenvalue weighted by atomic mass is 10.1. The van der Waals surface area contributed by atoms with Crippen LogP contribution in [0.4, 0.5) is 5.69 Å². The molecule has 3 aromatic rings. The summed E-state index contributed by atoms with van der Waals surface area (Å²) in [6, 6.07) is 7.22. The lowest BCUT2D eigenvalue weighted by Crippen LogP contribution is -2.16. The van der Waals surface area contributed by atoms with E-state index in [9.17, 15) is 4.79 Å². The van der Waals surface area contributed by atoms with E-state index in [1.165, 1.54) is 10.6 Å². The van der Waals surface area contributed by atoms with Crippen molar-refractivity contribution in [1.29, 1.82) is 0 Å². The van der Waals surface area contributed by atoms with Crippen LogP contribution in [-0.2, 0) is 6.54 Å². The minimum Gasteiger partial charge on any atom is -0.378 e. The number of fused-ring (bicyclic) bond motifs is 1. The minimum absolute atomic E-state index is 0.156. The fourth-order valence-electron chi connectivity index (χ4n) is 2.29. The number of benzene rings is 1. The first kappa shape index (κ1) is 15.6. The second-order valence-corrected chi connectivity index (χ2v) is 6.15. The van der Waals surface area contributed by atoms with Gasteiger partial charge in [0.2, 0.25) is 0 Å². The van der Waals surface area contributed by atoms with Gasteiger partial charge in [0, 0.05) is 16.8 Å². The molecule has 120 valence electrons. The van der Waals surface area contributed by atoms with Gasteiger partial charge in [0.1, 0.15) is 5.82 Å². The molecule has 0 saturated heterocycles. The van der Waals surface area contributed by atoms with Gasteiger partial charge in [-0.2, -0.15) is 9.50 Å². The Labute approximate surface area is 138 Å². The molecule has 2 aromatic heterocycles. The first-order valence-corrected chi connectivity index (χ1v) is 7.81. The Balaban J connectivity index is 1.88. The van der Waals surface area contributed by atoms with Crippen molar-refractivity contribution in [3.05, 3.63) is 56.7 Å². The van der Waals surface area contributed by atoms with Crippen LogP contribution in [0.3, 0.4) is 0 Å². The van der Waals surface area contributed by atoms with E-state index in [4.69, 9.17) is 11.6 Å². The van der Waals surface area contributed by atoms with Crippen LogP contribution in [0.15, 0.2) is 29.1 Å². The monoisotopic (exact) mass is 331 g/mol. The number of aromatic amines is 1. The van der Waals surface area contributed by atoms with Gasteiger partial charge in [0.05, 0.1) is 12.2 Å². The first-order valence-electron chi connectivity index (χ1n) is 7.43. The van der Waals surface area contributed by atoms with Gasteiger partial charge in [-0.1, -0.05) is 31.5 Å². The van der Waals surface area contributed by atoms with Gasteiger partial charge >= 0.3 is 0 Å². The smallest absolute Gasteiger partial charge is 0.274 e. The highest BCUT2D eigenvalue weighted by molar-refractivity contribution is 6.31. The van der Waals surface area contributed by atoms with E-state index in [1.54, 1.807) is 0 Å². The molecular formula is C16H18ClN5O. The Kier molecular flexibility index (Phi) is 4.09. The number of anilines is 1. The van der Waals surface area contributed by atoms with Crippen molar-refractivity contribution in [3.63, 3.8) is 0 Å². The van der Waals surface area contributed by atoms with E-state index in [2.05, 4.69) is 20.4 Å². The van der Waals surface area contributed by atoms with Crippen LogP contribution in [0, 0.1) is 6.92 Å². The summed E-state index contributed by atoms with van der Waals surface area (Å²) >= 11 is 6.11. The summed E-state index contributed by atoms with van der Waals surface area (Å²) in [5.74, 6) is 1.20. The molecule has 0 bridgehead atoms. The summed E-state index contributed by atoms with van der Waals surface area (Å²) in [4.78, 5) is 20.9. The number of rotatable bonds is 4.